The Morgan fingerprint density at radius 2 is 2.30 bits per heavy atom. The molecule has 3 rings (SSSR count). The third-order valence-electron chi connectivity index (χ3n) is 3.82. The minimum atomic E-state index is 0.242. The fourth-order valence-corrected chi connectivity index (χ4v) is 3.19. The number of aryl methyl sites for hydroxylation is 1. The van der Waals surface area contributed by atoms with Crippen LogP contribution in [0.25, 0.3) is 10.8 Å². The number of carbonyl (C=O) groups is 1. The molecule has 1 saturated heterocycles. The molecule has 0 atom stereocenters. The van der Waals surface area contributed by atoms with E-state index < -0.39 is 0 Å². The molecule has 4 nitrogen and oxygen atoms in total. The average molecular weight is 290 g/mol. The Kier molecular flexibility index (Phi) is 3.98. The van der Waals surface area contributed by atoms with Crippen molar-refractivity contribution in [1.82, 2.24) is 9.88 Å². The molecule has 5 heteroatoms. The predicted molar refractivity (Wildman–Crippen MR) is 78.6 cm³/mol. The summed E-state index contributed by atoms with van der Waals surface area (Å²) in [5.41, 5.74) is 1.01. The maximum Gasteiger partial charge on any atom is 0.236 e. The molecule has 0 radical (unpaired) electrons. The molecule has 0 unspecified atom stereocenters. The Balaban J connectivity index is 1.68. The van der Waals surface area contributed by atoms with Gasteiger partial charge in [-0.3, -0.25) is 4.90 Å². The summed E-state index contributed by atoms with van der Waals surface area (Å²) in [5.74, 6) is 1.85. The van der Waals surface area contributed by atoms with E-state index in [2.05, 4.69) is 9.88 Å². The van der Waals surface area contributed by atoms with Crippen molar-refractivity contribution in [3.8, 4) is 10.8 Å². The molecule has 0 aromatic carbocycles. The van der Waals surface area contributed by atoms with E-state index in [1.807, 2.05) is 24.4 Å². The van der Waals surface area contributed by atoms with E-state index in [4.69, 9.17) is 4.42 Å². The summed E-state index contributed by atoms with van der Waals surface area (Å²) >= 11 is 1.64. The number of aldehydes is 1. The van der Waals surface area contributed by atoms with E-state index in [0.717, 1.165) is 61.0 Å². The first kappa shape index (κ1) is 13.5. The molecular weight excluding hydrogens is 272 g/mol. The number of aromatic nitrogens is 1. The quantitative estimate of drug-likeness (QED) is 0.812. The average Bonchev–Trinajstić information content (AvgIpc) is 3.10. The highest BCUT2D eigenvalue weighted by atomic mass is 32.1. The zero-order valence-corrected chi connectivity index (χ0v) is 12.4. The molecule has 2 aromatic rings. The predicted octanol–water partition coefficient (Wildman–Crippen LogP) is 3.12. The fourth-order valence-electron chi connectivity index (χ4n) is 2.54. The minimum Gasteiger partial charge on any atom is -0.440 e. The van der Waals surface area contributed by atoms with Crippen LogP contribution >= 0.6 is 11.3 Å². The SMILES string of the molecule is Cc1oc(-c2cccs2)nc1CN1CCC(C=O)CC1. The van der Waals surface area contributed by atoms with Crippen LogP contribution in [0.1, 0.15) is 24.3 Å². The first-order chi connectivity index (χ1) is 9.76. The second-order valence-corrected chi connectivity index (χ2v) is 6.20. The number of carbonyl (C=O) groups excluding carboxylic acids is 1. The van der Waals surface area contributed by atoms with Crippen molar-refractivity contribution < 1.29 is 9.21 Å². The van der Waals surface area contributed by atoms with Crippen molar-refractivity contribution in [2.24, 2.45) is 5.92 Å². The molecule has 0 N–H and O–H groups in total. The van der Waals surface area contributed by atoms with Gasteiger partial charge in [-0.15, -0.1) is 11.3 Å². The summed E-state index contributed by atoms with van der Waals surface area (Å²) < 4.78 is 5.76. The lowest BCUT2D eigenvalue weighted by molar-refractivity contribution is -0.112. The highest BCUT2D eigenvalue weighted by Gasteiger charge is 2.21. The van der Waals surface area contributed by atoms with E-state index in [0.29, 0.717) is 0 Å². The molecule has 0 saturated carbocycles. The molecule has 0 spiro atoms. The number of hydrogen-bond acceptors (Lipinski definition) is 5. The van der Waals surface area contributed by atoms with E-state index in [1.54, 1.807) is 11.3 Å². The van der Waals surface area contributed by atoms with Crippen molar-refractivity contribution in [3.05, 3.63) is 29.0 Å². The number of likely N-dealkylation sites (tertiary alicyclic amines) is 1. The van der Waals surface area contributed by atoms with Gasteiger partial charge in [0.15, 0.2) is 0 Å². The topological polar surface area (TPSA) is 46.3 Å². The summed E-state index contributed by atoms with van der Waals surface area (Å²) in [4.78, 5) is 18.8. The summed E-state index contributed by atoms with van der Waals surface area (Å²) in [6.45, 7) is 4.71. The van der Waals surface area contributed by atoms with Crippen LogP contribution in [-0.4, -0.2) is 29.3 Å². The van der Waals surface area contributed by atoms with E-state index in [9.17, 15) is 4.79 Å². The van der Waals surface area contributed by atoms with Gasteiger partial charge in [-0.05, 0) is 44.3 Å². The van der Waals surface area contributed by atoms with Crippen LogP contribution in [-0.2, 0) is 11.3 Å². The van der Waals surface area contributed by atoms with Crippen LogP contribution in [0.5, 0.6) is 0 Å². The minimum absolute atomic E-state index is 0.242. The smallest absolute Gasteiger partial charge is 0.236 e. The Morgan fingerprint density at radius 1 is 1.50 bits per heavy atom. The van der Waals surface area contributed by atoms with Gasteiger partial charge in [0.1, 0.15) is 12.0 Å². The van der Waals surface area contributed by atoms with Crippen LogP contribution < -0.4 is 0 Å². The zero-order valence-electron chi connectivity index (χ0n) is 11.5. The van der Waals surface area contributed by atoms with Crippen molar-refractivity contribution >= 4 is 17.6 Å². The van der Waals surface area contributed by atoms with Gasteiger partial charge >= 0.3 is 0 Å². The number of piperidine rings is 1. The first-order valence-corrected chi connectivity index (χ1v) is 7.82. The van der Waals surface area contributed by atoms with E-state index >= 15 is 0 Å². The van der Waals surface area contributed by atoms with Crippen LogP contribution in [0.3, 0.4) is 0 Å². The lowest BCUT2D eigenvalue weighted by Crippen LogP contribution is -2.33. The maximum absolute atomic E-state index is 10.8. The van der Waals surface area contributed by atoms with Crippen molar-refractivity contribution in [1.29, 1.82) is 0 Å². The lowest BCUT2D eigenvalue weighted by atomic mass is 9.98. The van der Waals surface area contributed by atoms with Crippen LogP contribution in [0.2, 0.25) is 0 Å². The summed E-state index contributed by atoms with van der Waals surface area (Å²) in [5, 5.41) is 2.03. The summed E-state index contributed by atoms with van der Waals surface area (Å²) in [6.07, 6.45) is 3.00. The molecular formula is C15H18N2O2S. The molecule has 1 fully saturated rings. The molecule has 3 heterocycles. The molecule has 0 aliphatic carbocycles. The Bertz CT molecular complexity index is 569. The Labute approximate surface area is 122 Å². The normalized spacial score (nSPS) is 17.4. The van der Waals surface area contributed by atoms with Gasteiger partial charge in [0.25, 0.3) is 0 Å². The van der Waals surface area contributed by atoms with Gasteiger partial charge in [-0.2, -0.15) is 0 Å². The van der Waals surface area contributed by atoms with Gasteiger partial charge in [-0.1, -0.05) is 6.07 Å². The van der Waals surface area contributed by atoms with Crippen molar-refractivity contribution in [2.75, 3.05) is 13.1 Å². The van der Waals surface area contributed by atoms with Crippen LogP contribution in [0.4, 0.5) is 0 Å². The third-order valence-corrected chi connectivity index (χ3v) is 4.68. The second-order valence-electron chi connectivity index (χ2n) is 5.25. The maximum atomic E-state index is 10.8. The molecule has 0 amide bonds. The fraction of sp³-hybridized carbons (Fsp3) is 0.467. The Hall–Kier alpha value is -1.46. The van der Waals surface area contributed by atoms with Crippen molar-refractivity contribution in [2.45, 2.75) is 26.3 Å². The lowest BCUT2D eigenvalue weighted by Gasteiger charge is -2.28. The van der Waals surface area contributed by atoms with Crippen molar-refractivity contribution in [3.63, 3.8) is 0 Å². The monoisotopic (exact) mass is 290 g/mol. The standard InChI is InChI=1S/C15H18N2O2S/c1-11-13(9-17-6-4-12(10-18)5-7-17)16-15(19-11)14-3-2-8-20-14/h2-3,8,10,12H,4-7,9H2,1H3. The largest absolute Gasteiger partial charge is 0.440 e. The molecule has 2 aromatic heterocycles. The molecule has 1 aliphatic heterocycles. The first-order valence-electron chi connectivity index (χ1n) is 6.94. The van der Waals surface area contributed by atoms with Crippen LogP contribution in [0, 0.1) is 12.8 Å². The summed E-state index contributed by atoms with van der Waals surface area (Å²) in [6, 6.07) is 4.03. The number of rotatable bonds is 4. The molecule has 106 valence electrons. The Morgan fingerprint density at radius 3 is 2.95 bits per heavy atom. The van der Waals surface area contributed by atoms with Gasteiger partial charge in [0.05, 0.1) is 10.6 Å². The number of thiophene rings is 1. The zero-order chi connectivity index (χ0) is 13.9. The van der Waals surface area contributed by atoms with Gasteiger partial charge in [0.2, 0.25) is 5.89 Å². The molecule has 20 heavy (non-hydrogen) atoms. The summed E-state index contributed by atoms with van der Waals surface area (Å²) in [7, 11) is 0. The van der Waals surface area contributed by atoms with Crippen LogP contribution in [0.15, 0.2) is 21.9 Å². The van der Waals surface area contributed by atoms with Gasteiger partial charge < -0.3 is 9.21 Å². The number of oxazole rings is 1. The number of nitrogens with zero attached hydrogens (tertiary/aromatic N) is 2. The highest BCUT2D eigenvalue weighted by molar-refractivity contribution is 7.13. The molecule has 0 bridgehead atoms. The molecule has 1 aliphatic rings. The van der Waals surface area contributed by atoms with E-state index in [-0.39, 0.29) is 5.92 Å². The van der Waals surface area contributed by atoms with Gasteiger partial charge in [0, 0.05) is 12.5 Å². The number of hydrogen-bond donors (Lipinski definition) is 0. The van der Waals surface area contributed by atoms with Gasteiger partial charge in [-0.25, -0.2) is 4.98 Å². The van der Waals surface area contributed by atoms with E-state index in [1.165, 1.54) is 0 Å². The highest BCUT2D eigenvalue weighted by Crippen LogP contribution is 2.27. The second kappa shape index (κ2) is 5.89. The third kappa shape index (κ3) is 2.83.